The molecule has 22 heavy (non-hydrogen) atoms. The fourth-order valence-electron chi connectivity index (χ4n) is 2.18. The van der Waals surface area contributed by atoms with Gasteiger partial charge in [0.05, 0.1) is 10.6 Å². The Morgan fingerprint density at radius 2 is 1.95 bits per heavy atom. The molecule has 1 aromatic carbocycles. The monoisotopic (exact) mass is 437 g/mol. The largest absolute Gasteiger partial charge is 0.370 e. The zero-order chi connectivity index (χ0) is 15.1. The number of benzene rings is 1. The van der Waals surface area contributed by atoms with Crippen molar-refractivity contribution in [2.75, 3.05) is 18.8 Å². The molecule has 1 aliphatic rings. The SMILES string of the molecule is I.NC(=NCC1CCC1)NCCCS(=O)(=O)c1ccccc1. The number of guanidine groups is 1. The Hall–Kier alpha value is -0.830. The van der Waals surface area contributed by atoms with Gasteiger partial charge in [0.15, 0.2) is 15.8 Å². The summed E-state index contributed by atoms with van der Waals surface area (Å²) in [5.41, 5.74) is 5.75. The molecule has 1 aromatic rings. The molecule has 0 saturated heterocycles. The first kappa shape index (κ1) is 19.2. The number of nitrogens with zero attached hydrogens (tertiary/aromatic N) is 1. The van der Waals surface area contributed by atoms with Gasteiger partial charge in [-0.05, 0) is 37.3 Å². The molecule has 1 saturated carbocycles. The number of halogens is 1. The van der Waals surface area contributed by atoms with Gasteiger partial charge in [0, 0.05) is 13.1 Å². The van der Waals surface area contributed by atoms with Crippen molar-refractivity contribution < 1.29 is 8.42 Å². The van der Waals surface area contributed by atoms with Crippen LogP contribution < -0.4 is 11.1 Å². The molecule has 0 spiro atoms. The van der Waals surface area contributed by atoms with Crippen LogP contribution in [0.3, 0.4) is 0 Å². The van der Waals surface area contributed by atoms with Gasteiger partial charge >= 0.3 is 0 Å². The summed E-state index contributed by atoms with van der Waals surface area (Å²) in [6.07, 6.45) is 4.29. The number of aliphatic imine (C=N–C) groups is 1. The van der Waals surface area contributed by atoms with E-state index >= 15 is 0 Å². The lowest BCUT2D eigenvalue weighted by Crippen LogP contribution is -2.34. The highest BCUT2D eigenvalue weighted by molar-refractivity contribution is 14.0. The van der Waals surface area contributed by atoms with Crippen LogP contribution in [-0.4, -0.2) is 33.2 Å². The number of nitrogens with one attached hydrogen (secondary N) is 1. The molecular weight excluding hydrogens is 413 g/mol. The predicted molar refractivity (Wildman–Crippen MR) is 100 cm³/mol. The third-order valence-electron chi connectivity index (χ3n) is 3.74. The summed E-state index contributed by atoms with van der Waals surface area (Å²) in [5.74, 6) is 1.21. The Labute approximate surface area is 149 Å². The van der Waals surface area contributed by atoms with Crippen LogP contribution in [0.25, 0.3) is 0 Å². The molecule has 1 aliphatic carbocycles. The van der Waals surface area contributed by atoms with Crippen molar-refractivity contribution in [1.29, 1.82) is 0 Å². The quantitative estimate of drug-likeness (QED) is 0.297. The summed E-state index contributed by atoms with van der Waals surface area (Å²) in [6, 6.07) is 8.51. The highest BCUT2D eigenvalue weighted by atomic mass is 127. The number of hydrogen-bond acceptors (Lipinski definition) is 3. The minimum atomic E-state index is -3.20. The van der Waals surface area contributed by atoms with Crippen LogP contribution in [0.1, 0.15) is 25.7 Å². The maximum absolute atomic E-state index is 12.0. The maximum atomic E-state index is 12.0. The van der Waals surface area contributed by atoms with Crippen molar-refractivity contribution in [3.8, 4) is 0 Å². The first-order chi connectivity index (χ1) is 10.1. The van der Waals surface area contributed by atoms with Gasteiger partial charge in [0.25, 0.3) is 0 Å². The summed E-state index contributed by atoms with van der Waals surface area (Å²) in [5, 5.41) is 2.97. The van der Waals surface area contributed by atoms with E-state index < -0.39 is 9.84 Å². The predicted octanol–water partition coefficient (Wildman–Crippen LogP) is 2.17. The highest BCUT2D eigenvalue weighted by Crippen LogP contribution is 2.26. The van der Waals surface area contributed by atoms with Crippen LogP contribution in [0.5, 0.6) is 0 Å². The lowest BCUT2D eigenvalue weighted by atomic mass is 9.86. The summed E-state index contributed by atoms with van der Waals surface area (Å²) in [4.78, 5) is 4.64. The normalized spacial score (nSPS) is 15.7. The summed E-state index contributed by atoms with van der Waals surface area (Å²) >= 11 is 0. The lowest BCUT2D eigenvalue weighted by molar-refractivity contribution is 0.326. The van der Waals surface area contributed by atoms with E-state index in [1.165, 1.54) is 19.3 Å². The molecule has 124 valence electrons. The van der Waals surface area contributed by atoms with Crippen molar-refractivity contribution in [3.63, 3.8) is 0 Å². The van der Waals surface area contributed by atoms with Gasteiger partial charge < -0.3 is 11.1 Å². The van der Waals surface area contributed by atoms with Crippen LogP contribution >= 0.6 is 24.0 Å². The van der Waals surface area contributed by atoms with E-state index in [9.17, 15) is 8.42 Å². The Kier molecular flexibility index (Phi) is 8.16. The fraction of sp³-hybridized carbons (Fsp3) is 0.533. The van der Waals surface area contributed by atoms with Gasteiger partial charge in [-0.3, -0.25) is 4.99 Å². The molecule has 1 fully saturated rings. The van der Waals surface area contributed by atoms with Gasteiger partial charge in [-0.1, -0.05) is 24.6 Å². The van der Waals surface area contributed by atoms with Gasteiger partial charge in [-0.2, -0.15) is 0 Å². The molecule has 0 radical (unpaired) electrons. The van der Waals surface area contributed by atoms with Crippen molar-refractivity contribution in [2.24, 2.45) is 16.6 Å². The molecule has 3 N–H and O–H groups in total. The standard InChI is InChI=1S/C15H23N3O2S.HI/c16-15(18-12-13-6-4-7-13)17-10-5-11-21(19,20)14-8-2-1-3-9-14;/h1-3,8-9,13H,4-7,10-12H2,(H3,16,17,18);1H. The second kappa shape index (κ2) is 9.34. The minimum absolute atomic E-state index is 0. The fourth-order valence-corrected chi connectivity index (χ4v) is 3.51. The van der Waals surface area contributed by atoms with Gasteiger partial charge in [-0.25, -0.2) is 8.42 Å². The van der Waals surface area contributed by atoms with E-state index in [4.69, 9.17) is 5.73 Å². The number of nitrogens with two attached hydrogens (primary N) is 1. The van der Waals surface area contributed by atoms with E-state index in [2.05, 4.69) is 10.3 Å². The Morgan fingerprint density at radius 1 is 1.27 bits per heavy atom. The summed E-state index contributed by atoms with van der Waals surface area (Å²) in [7, 11) is -3.20. The molecule has 0 amide bonds. The molecule has 5 nitrogen and oxygen atoms in total. The molecule has 0 bridgehead atoms. The van der Waals surface area contributed by atoms with Crippen LogP contribution in [0.2, 0.25) is 0 Å². The van der Waals surface area contributed by atoms with E-state index in [1.54, 1.807) is 30.3 Å². The third kappa shape index (κ3) is 6.12. The van der Waals surface area contributed by atoms with Crippen molar-refractivity contribution in [3.05, 3.63) is 30.3 Å². The average Bonchev–Trinajstić information content (AvgIpc) is 2.43. The Morgan fingerprint density at radius 3 is 2.55 bits per heavy atom. The minimum Gasteiger partial charge on any atom is -0.370 e. The van der Waals surface area contributed by atoms with E-state index in [0.717, 1.165) is 6.54 Å². The van der Waals surface area contributed by atoms with Crippen LogP contribution in [0.15, 0.2) is 40.2 Å². The maximum Gasteiger partial charge on any atom is 0.188 e. The first-order valence-corrected chi connectivity index (χ1v) is 9.05. The Balaban J connectivity index is 0.00000242. The molecular formula is C15H24IN3O2S. The molecule has 7 heteroatoms. The molecule has 2 rings (SSSR count). The van der Waals surface area contributed by atoms with E-state index in [-0.39, 0.29) is 29.7 Å². The topological polar surface area (TPSA) is 84.5 Å². The van der Waals surface area contributed by atoms with Gasteiger partial charge in [0.1, 0.15) is 0 Å². The highest BCUT2D eigenvalue weighted by Gasteiger charge is 2.16. The Bertz CT molecular complexity index is 572. The van der Waals surface area contributed by atoms with E-state index in [0.29, 0.717) is 29.7 Å². The molecule has 0 aromatic heterocycles. The molecule has 0 unspecified atom stereocenters. The van der Waals surface area contributed by atoms with Gasteiger partial charge in [-0.15, -0.1) is 24.0 Å². The van der Waals surface area contributed by atoms with Gasteiger partial charge in [0.2, 0.25) is 0 Å². The molecule has 0 heterocycles. The van der Waals surface area contributed by atoms with E-state index in [1.807, 2.05) is 0 Å². The smallest absolute Gasteiger partial charge is 0.188 e. The van der Waals surface area contributed by atoms with Crippen LogP contribution in [-0.2, 0) is 9.84 Å². The average molecular weight is 437 g/mol. The molecule has 0 aliphatic heterocycles. The zero-order valence-corrected chi connectivity index (χ0v) is 15.7. The number of sulfone groups is 1. The second-order valence-corrected chi connectivity index (χ2v) is 7.54. The number of rotatable bonds is 7. The summed E-state index contributed by atoms with van der Waals surface area (Å²) in [6.45, 7) is 1.30. The van der Waals surface area contributed by atoms with Crippen LogP contribution in [0.4, 0.5) is 0 Å². The van der Waals surface area contributed by atoms with Crippen molar-refractivity contribution in [2.45, 2.75) is 30.6 Å². The van der Waals surface area contributed by atoms with Crippen LogP contribution in [0, 0.1) is 5.92 Å². The number of hydrogen-bond donors (Lipinski definition) is 2. The first-order valence-electron chi connectivity index (χ1n) is 7.39. The van der Waals surface area contributed by atoms with Crippen molar-refractivity contribution >= 4 is 39.8 Å². The third-order valence-corrected chi connectivity index (χ3v) is 5.56. The lowest BCUT2D eigenvalue weighted by Gasteiger charge is -2.23. The molecule has 0 atom stereocenters. The second-order valence-electron chi connectivity index (χ2n) is 5.44. The van der Waals surface area contributed by atoms with Crippen molar-refractivity contribution in [1.82, 2.24) is 5.32 Å². The summed E-state index contributed by atoms with van der Waals surface area (Å²) < 4.78 is 24.1. The zero-order valence-electron chi connectivity index (χ0n) is 12.6.